The second-order valence-corrected chi connectivity index (χ2v) is 6.09. The van der Waals surface area contributed by atoms with Gasteiger partial charge in [0.1, 0.15) is 5.82 Å². The lowest BCUT2D eigenvalue weighted by Crippen LogP contribution is -2.19. The van der Waals surface area contributed by atoms with Crippen LogP contribution in [-0.2, 0) is 0 Å². The van der Waals surface area contributed by atoms with Crippen molar-refractivity contribution in [3.8, 4) is 0 Å². The Labute approximate surface area is 133 Å². The number of hydrogen-bond acceptors (Lipinski definition) is 1. The molecule has 0 radical (unpaired) electrons. The molecule has 0 amide bonds. The standard InChI is InChI=1S/C14H11Br2ClFN/c1-19-14(8-4-2-6-10(15)12(8)17)9-5-3-7-11(16)13(9)18/h2-7,14,19H,1H3. The van der Waals surface area contributed by atoms with Crippen molar-refractivity contribution in [2.24, 2.45) is 0 Å². The molecular formula is C14H11Br2ClFN. The van der Waals surface area contributed by atoms with Gasteiger partial charge in [-0.2, -0.15) is 0 Å². The Morgan fingerprint density at radius 2 is 1.63 bits per heavy atom. The topological polar surface area (TPSA) is 12.0 Å². The lowest BCUT2D eigenvalue weighted by Gasteiger charge is -2.20. The van der Waals surface area contributed by atoms with E-state index in [2.05, 4.69) is 37.2 Å². The van der Waals surface area contributed by atoms with E-state index in [9.17, 15) is 4.39 Å². The summed E-state index contributed by atoms with van der Waals surface area (Å²) in [5.41, 5.74) is 1.38. The van der Waals surface area contributed by atoms with E-state index in [0.717, 1.165) is 10.0 Å². The van der Waals surface area contributed by atoms with Gasteiger partial charge in [0.2, 0.25) is 0 Å². The minimum atomic E-state index is -0.303. The Hall–Kier alpha value is -0.420. The highest BCUT2D eigenvalue weighted by atomic mass is 79.9. The fourth-order valence-corrected chi connectivity index (χ4v) is 2.96. The van der Waals surface area contributed by atoms with Crippen LogP contribution in [-0.4, -0.2) is 7.05 Å². The fraction of sp³-hybridized carbons (Fsp3) is 0.143. The van der Waals surface area contributed by atoms with E-state index in [0.29, 0.717) is 15.1 Å². The highest BCUT2D eigenvalue weighted by Crippen LogP contribution is 2.35. The largest absolute Gasteiger partial charge is 0.309 e. The van der Waals surface area contributed by atoms with Gasteiger partial charge in [-0.15, -0.1) is 0 Å². The molecule has 0 aliphatic carbocycles. The molecule has 0 bridgehead atoms. The minimum absolute atomic E-state index is 0.280. The first-order valence-electron chi connectivity index (χ1n) is 5.61. The third kappa shape index (κ3) is 3.02. The summed E-state index contributed by atoms with van der Waals surface area (Å²) in [5, 5.41) is 3.69. The predicted molar refractivity (Wildman–Crippen MR) is 84.2 cm³/mol. The molecule has 2 rings (SSSR count). The second kappa shape index (κ2) is 6.35. The first kappa shape index (κ1) is 15.0. The molecular weight excluding hydrogens is 396 g/mol. The summed E-state index contributed by atoms with van der Waals surface area (Å²) in [7, 11) is 1.78. The first-order valence-corrected chi connectivity index (χ1v) is 7.57. The van der Waals surface area contributed by atoms with Gasteiger partial charge in [0.05, 0.1) is 15.5 Å². The molecule has 0 heterocycles. The molecule has 0 aromatic heterocycles. The molecule has 19 heavy (non-hydrogen) atoms. The van der Waals surface area contributed by atoms with E-state index in [4.69, 9.17) is 11.6 Å². The fourth-order valence-electron chi connectivity index (χ4n) is 1.97. The second-order valence-electron chi connectivity index (χ2n) is 4.01. The Kier molecular flexibility index (Phi) is 5.01. The molecule has 0 fully saturated rings. The van der Waals surface area contributed by atoms with E-state index in [1.54, 1.807) is 25.2 Å². The maximum absolute atomic E-state index is 14.2. The maximum atomic E-state index is 14.2. The highest BCUT2D eigenvalue weighted by Gasteiger charge is 2.20. The van der Waals surface area contributed by atoms with E-state index in [1.165, 1.54) is 0 Å². The summed E-state index contributed by atoms with van der Waals surface area (Å²) in [6.07, 6.45) is 0. The van der Waals surface area contributed by atoms with Crippen LogP contribution in [0.15, 0.2) is 45.3 Å². The molecule has 100 valence electrons. The van der Waals surface area contributed by atoms with Crippen LogP contribution < -0.4 is 5.32 Å². The molecule has 0 saturated carbocycles. The third-order valence-electron chi connectivity index (χ3n) is 2.87. The molecule has 2 aromatic rings. The Morgan fingerprint density at radius 1 is 1.05 bits per heavy atom. The zero-order valence-corrected chi connectivity index (χ0v) is 14.0. The summed E-state index contributed by atoms with van der Waals surface area (Å²) >= 11 is 12.9. The molecule has 1 nitrogen and oxygen atoms in total. The summed E-state index contributed by atoms with van der Waals surface area (Å²) in [5.74, 6) is -0.280. The van der Waals surface area contributed by atoms with E-state index < -0.39 is 0 Å². The van der Waals surface area contributed by atoms with Gasteiger partial charge in [-0.3, -0.25) is 0 Å². The van der Waals surface area contributed by atoms with Crippen LogP contribution in [0.4, 0.5) is 4.39 Å². The normalized spacial score (nSPS) is 12.5. The lowest BCUT2D eigenvalue weighted by atomic mass is 9.98. The number of rotatable bonds is 3. The van der Waals surface area contributed by atoms with Crippen LogP contribution >= 0.6 is 43.5 Å². The van der Waals surface area contributed by atoms with Gasteiger partial charge < -0.3 is 5.32 Å². The lowest BCUT2D eigenvalue weighted by molar-refractivity contribution is 0.571. The SMILES string of the molecule is CNC(c1cccc(Br)c1F)c1cccc(Br)c1Cl. The smallest absolute Gasteiger partial charge is 0.142 e. The van der Waals surface area contributed by atoms with Crippen molar-refractivity contribution in [1.82, 2.24) is 5.32 Å². The van der Waals surface area contributed by atoms with Crippen LogP contribution in [0.3, 0.4) is 0 Å². The number of nitrogens with one attached hydrogen (secondary N) is 1. The van der Waals surface area contributed by atoms with Gasteiger partial charge in [-0.05, 0) is 56.6 Å². The highest BCUT2D eigenvalue weighted by molar-refractivity contribution is 9.10. The summed E-state index contributed by atoms with van der Waals surface area (Å²) in [6.45, 7) is 0. The zero-order chi connectivity index (χ0) is 14.0. The van der Waals surface area contributed by atoms with Crippen molar-refractivity contribution in [3.63, 3.8) is 0 Å². The number of hydrogen-bond donors (Lipinski definition) is 1. The zero-order valence-electron chi connectivity index (χ0n) is 10.1. The Morgan fingerprint density at radius 3 is 2.26 bits per heavy atom. The van der Waals surface area contributed by atoms with Crippen molar-refractivity contribution in [2.45, 2.75) is 6.04 Å². The quantitative estimate of drug-likeness (QED) is 0.727. The third-order valence-corrected chi connectivity index (χ3v) is 4.80. The number of benzene rings is 2. The van der Waals surface area contributed by atoms with Crippen LogP contribution in [0.1, 0.15) is 17.2 Å². The first-order chi connectivity index (χ1) is 9.06. The molecule has 2 aromatic carbocycles. The predicted octanol–water partition coefficient (Wildman–Crippen LogP) is 5.31. The van der Waals surface area contributed by atoms with Crippen molar-refractivity contribution in [3.05, 3.63) is 67.3 Å². The van der Waals surface area contributed by atoms with Crippen molar-refractivity contribution in [2.75, 3.05) is 7.05 Å². The van der Waals surface area contributed by atoms with Crippen molar-refractivity contribution in [1.29, 1.82) is 0 Å². The molecule has 0 aliphatic heterocycles. The maximum Gasteiger partial charge on any atom is 0.142 e. The summed E-state index contributed by atoms with van der Waals surface area (Å²) < 4.78 is 15.4. The van der Waals surface area contributed by atoms with Crippen molar-refractivity contribution < 1.29 is 4.39 Å². The van der Waals surface area contributed by atoms with E-state index in [-0.39, 0.29) is 11.9 Å². The van der Waals surface area contributed by atoms with Crippen LogP contribution in [0.2, 0.25) is 5.02 Å². The molecule has 1 atom stereocenters. The van der Waals surface area contributed by atoms with Gasteiger partial charge >= 0.3 is 0 Å². The van der Waals surface area contributed by atoms with Gasteiger partial charge in [-0.1, -0.05) is 35.9 Å². The number of halogens is 4. The molecule has 1 N–H and O–H groups in total. The van der Waals surface area contributed by atoms with Gasteiger partial charge in [0.25, 0.3) is 0 Å². The minimum Gasteiger partial charge on any atom is -0.309 e. The van der Waals surface area contributed by atoms with Gasteiger partial charge in [0, 0.05) is 10.0 Å². The molecule has 0 aliphatic rings. The molecule has 0 spiro atoms. The average Bonchev–Trinajstić information content (AvgIpc) is 2.40. The molecule has 1 unspecified atom stereocenters. The average molecular weight is 408 g/mol. The summed E-state index contributed by atoms with van der Waals surface area (Å²) in [4.78, 5) is 0. The van der Waals surface area contributed by atoms with Crippen molar-refractivity contribution >= 4 is 43.5 Å². The van der Waals surface area contributed by atoms with Crippen LogP contribution in [0.25, 0.3) is 0 Å². The van der Waals surface area contributed by atoms with Crippen LogP contribution in [0.5, 0.6) is 0 Å². The monoisotopic (exact) mass is 405 g/mol. The Balaban J connectivity index is 2.57. The molecule has 5 heteroatoms. The van der Waals surface area contributed by atoms with E-state index >= 15 is 0 Å². The van der Waals surface area contributed by atoms with Gasteiger partial charge in [0.15, 0.2) is 0 Å². The van der Waals surface area contributed by atoms with Crippen LogP contribution in [0, 0.1) is 5.82 Å². The van der Waals surface area contributed by atoms with E-state index in [1.807, 2.05) is 18.2 Å². The van der Waals surface area contributed by atoms with Gasteiger partial charge in [-0.25, -0.2) is 4.39 Å². The summed E-state index contributed by atoms with van der Waals surface area (Å²) in [6, 6.07) is 10.5. The Bertz CT molecular complexity index is 552. The molecule has 0 saturated heterocycles.